The van der Waals surface area contributed by atoms with Crippen LogP contribution < -0.4 is 14.2 Å². The van der Waals surface area contributed by atoms with E-state index in [0.29, 0.717) is 31.3 Å². The fraction of sp³-hybridized carbons (Fsp3) is 0.211. The molecule has 0 atom stereocenters. The van der Waals surface area contributed by atoms with Crippen molar-refractivity contribution in [2.45, 2.75) is 6.92 Å². The summed E-state index contributed by atoms with van der Waals surface area (Å²) in [5.74, 6) is 2.16. The Labute approximate surface area is 151 Å². The molecule has 1 heterocycles. The van der Waals surface area contributed by atoms with Crippen LogP contribution >= 0.6 is 0 Å². The summed E-state index contributed by atoms with van der Waals surface area (Å²) in [6, 6.07) is 15.3. The van der Waals surface area contributed by atoms with Crippen LogP contribution in [0, 0.1) is 0 Å². The minimum Gasteiger partial charge on any atom is -0.490 e. The molecule has 0 spiro atoms. The van der Waals surface area contributed by atoms with E-state index in [1.807, 2.05) is 55.5 Å². The molecule has 7 heteroatoms. The summed E-state index contributed by atoms with van der Waals surface area (Å²) in [6.07, 6.45) is 4.74. The van der Waals surface area contributed by atoms with Crippen molar-refractivity contribution in [3.8, 4) is 17.2 Å². The molecule has 3 rings (SSSR count). The van der Waals surface area contributed by atoms with Crippen molar-refractivity contribution in [1.82, 2.24) is 14.9 Å². The maximum absolute atomic E-state index is 5.80. The van der Waals surface area contributed by atoms with Gasteiger partial charge in [-0.15, -0.1) is 10.2 Å². The molecule has 0 saturated carbocycles. The second-order valence-corrected chi connectivity index (χ2v) is 5.24. The van der Waals surface area contributed by atoms with Gasteiger partial charge in [0.2, 0.25) is 0 Å². The van der Waals surface area contributed by atoms with Crippen LogP contribution in [-0.2, 0) is 0 Å². The van der Waals surface area contributed by atoms with Gasteiger partial charge in [0, 0.05) is 0 Å². The van der Waals surface area contributed by atoms with Gasteiger partial charge in [-0.25, -0.2) is 4.68 Å². The minimum atomic E-state index is 0.420. The number of aromatic nitrogens is 3. The monoisotopic (exact) mass is 352 g/mol. The second-order valence-electron chi connectivity index (χ2n) is 5.24. The Bertz CT molecular complexity index is 820. The van der Waals surface area contributed by atoms with E-state index in [2.05, 4.69) is 15.3 Å². The third-order valence-electron chi connectivity index (χ3n) is 3.37. The first-order valence-corrected chi connectivity index (χ1v) is 8.31. The van der Waals surface area contributed by atoms with Crippen LogP contribution in [0.15, 0.2) is 66.3 Å². The van der Waals surface area contributed by atoms with E-state index in [1.54, 1.807) is 6.21 Å². The molecule has 1 aromatic heterocycles. The van der Waals surface area contributed by atoms with Gasteiger partial charge in [-0.1, -0.05) is 18.2 Å². The van der Waals surface area contributed by atoms with E-state index in [0.717, 1.165) is 11.3 Å². The summed E-state index contributed by atoms with van der Waals surface area (Å²) in [5, 5.41) is 11.6. The lowest BCUT2D eigenvalue weighted by molar-refractivity contribution is 0.208. The SMILES string of the molecule is CCOc1cc(C=Nn2cnnc2)ccc1OCCOc1ccccc1. The van der Waals surface area contributed by atoms with Crippen molar-refractivity contribution < 1.29 is 14.2 Å². The van der Waals surface area contributed by atoms with E-state index in [9.17, 15) is 0 Å². The van der Waals surface area contributed by atoms with Crippen LogP contribution in [0.5, 0.6) is 17.2 Å². The quantitative estimate of drug-likeness (QED) is 0.437. The summed E-state index contributed by atoms with van der Waals surface area (Å²) in [4.78, 5) is 0. The summed E-state index contributed by atoms with van der Waals surface area (Å²) < 4.78 is 18.6. The van der Waals surface area contributed by atoms with E-state index in [1.165, 1.54) is 17.3 Å². The van der Waals surface area contributed by atoms with Gasteiger partial charge in [0.15, 0.2) is 11.5 Å². The van der Waals surface area contributed by atoms with Gasteiger partial charge in [-0.2, -0.15) is 5.10 Å². The molecule has 134 valence electrons. The summed E-state index contributed by atoms with van der Waals surface area (Å²) >= 11 is 0. The standard InChI is InChI=1S/C19H20N4O3/c1-2-24-19-12-16(13-22-23-14-20-21-15-23)8-9-18(19)26-11-10-25-17-6-4-3-5-7-17/h3-9,12-15H,2,10-11H2,1H3. The zero-order valence-electron chi connectivity index (χ0n) is 14.5. The molecule has 2 aromatic carbocycles. The lowest BCUT2D eigenvalue weighted by Crippen LogP contribution is -2.10. The van der Waals surface area contributed by atoms with Crippen LogP contribution in [0.3, 0.4) is 0 Å². The van der Waals surface area contributed by atoms with Gasteiger partial charge >= 0.3 is 0 Å². The normalized spacial score (nSPS) is 10.8. The van der Waals surface area contributed by atoms with Crippen LogP contribution in [0.4, 0.5) is 0 Å². The summed E-state index contributed by atoms with van der Waals surface area (Å²) in [5.41, 5.74) is 0.884. The lowest BCUT2D eigenvalue weighted by atomic mass is 10.2. The molecular formula is C19H20N4O3. The molecule has 0 radical (unpaired) electrons. The minimum absolute atomic E-state index is 0.420. The van der Waals surface area contributed by atoms with Gasteiger partial charge in [-0.05, 0) is 42.8 Å². The Morgan fingerprint density at radius 1 is 0.923 bits per heavy atom. The second kappa shape index (κ2) is 9.22. The van der Waals surface area contributed by atoms with Crippen molar-refractivity contribution >= 4 is 6.21 Å². The zero-order chi connectivity index (χ0) is 18.0. The zero-order valence-corrected chi connectivity index (χ0v) is 14.5. The van der Waals surface area contributed by atoms with Crippen molar-refractivity contribution in [3.63, 3.8) is 0 Å². The largest absolute Gasteiger partial charge is 0.490 e. The number of rotatable bonds is 9. The average Bonchev–Trinajstić information content (AvgIpc) is 3.19. The Kier molecular flexibility index (Phi) is 6.19. The van der Waals surface area contributed by atoms with Gasteiger partial charge < -0.3 is 14.2 Å². The lowest BCUT2D eigenvalue weighted by Gasteiger charge is -2.13. The number of ether oxygens (including phenoxy) is 3. The van der Waals surface area contributed by atoms with E-state index >= 15 is 0 Å². The molecule has 0 aliphatic heterocycles. The Morgan fingerprint density at radius 2 is 1.69 bits per heavy atom. The van der Waals surface area contributed by atoms with Crippen molar-refractivity contribution in [1.29, 1.82) is 0 Å². The third kappa shape index (κ3) is 5.07. The molecule has 0 aliphatic rings. The molecule has 0 amide bonds. The molecule has 0 fully saturated rings. The average molecular weight is 352 g/mol. The highest BCUT2D eigenvalue weighted by Crippen LogP contribution is 2.28. The van der Waals surface area contributed by atoms with Crippen LogP contribution in [0.25, 0.3) is 0 Å². The molecule has 3 aromatic rings. The first kappa shape index (κ1) is 17.5. The Morgan fingerprint density at radius 3 is 2.46 bits per heavy atom. The van der Waals surface area contributed by atoms with Gasteiger partial charge in [0.25, 0.3) is 0 Å². The topological polar surface area (TPSA) is 70.8 Å². The highest BCUT2D eigenvalue weighted by atomic mass is 16.5. The highest BCUT2D eigenvalue weighted by Gasteiger charge is 2.06. The number of hydrogen-bond donors (Lipinski definition) is 0. The molecule has 0 saturated heterocycles. The van der Waals surface area contributed by atoms with E-state index < -0.39 is 0 Å². The fourth-order valence-electron chi connectivity index (χ4n) is 2.21. The van der Waals surface area contributed by atoms with Crippen molar-refractivity contribution in [3.05, 3.63) is 66.7 Å². The number of hydrogen-bond acceptors (Lipinski definition) is 6. The number of benzene rings is 2. The first-order chi connectivity index (χ1) is 12.8. The Balaban J connectivity index is 1.59. The molecular weight excluding hydrogens is 332 g/mol. The van der Waals surface area contributed by atoms with Crippen molar-refractivity contribution in [2.24, 2.45) is 5.10 Å². The number of para-hydroxylation sites is 1. The van der Waals surface area contributed by atoms with Crippen molar-refractivity contribution in [2.75, 3.05) is 19.8 Å². The van der Waals surface area contributed by atoms with Crippen LogP contribution in [0.1, 0.15) is 12.5 Å². The molecule has 0 aliphatic carbocycles. The molecule has 0 bridgehead atoms. The third-order valence-corrected chi connectivity index (χ3v) is 3.37. The van der Waals surface area contributed by atoms with Gasteiger partial charge in [-0.3, -0.25) is 0 Å². The molecule has 7 nitrogen and oxygen atoms in total. The Hall–Kier alpha value is -3.35. The van der Waals surface area contributed by atoms with Gasteiger partial charge in [0.1, 0.15) is 31.6 Å². The smallest absolute Gasteiger partial charge is 0.161 e. The number of nitrogens with zero attached hydrogens (tertiary/aromatic N) is 4. The molecule has 0 unspecified atom stereocenters. The predicted octanol–water partition coefficient (Wildman–Crippen LogP) is 3.02. The molecule has 26 heavy (non-hydrogen) atoms. The maximum atomic E-state index is 5.80. The highest BCUT2D eigenvalue weighted by molar-refractivity contribution is 5.80. The van der Waals surface area contributed by atoms with Gasteiger partial charge in [0.05, 0.1) is 12.8 Å². The van der Waals surface area contributed by atoms with Crippen LogP contribution in [-0.4, -0.2) is 40.9 Å². The summed E-state index contributed by atoms with van der Waals surface area (Å²) in [6.45, 7) is 3.35. The molecule has 0 N–H and O–H groups in total. The van der Waals surface area contributed by atoms with E-state index in [4.69, 9.17) is 14.2 Å². The van der Waals surface area contributed by atoms with Crippen LogP contribution in [0.2, 0.25) is 0 Å². The maximum Gasteiger partial charge on any atom is 0.161 e. The fourth-order valence-corrected chi connectivity index (χ4v) is 2.21. The first-order valence-electron chi connectivity index (χ1n) is 8.31. The summed E-state index contributed by atoms with van der Waals surface area (Å²) in [7, 11) is 0. The van der Waals surface area contributed by atoms with E-state index in [-0.39, 0.29) is 0 Å². The predicted molar refractivity (Wildman–Crippen MR) is 98.1 cm³/mol.